The third-order valence-electron chi connectivity index (χ3n) is 4.55. The maximum absolute atomic E-state index is 12.7. The molecule has 0 amide bonds. The van der Waals surface area contributed by atoms with Crippen LogP contribution in [-0.4, -0.2) is 19.7 Å². The lowest BCUT2D eigenvalue weighted by Gasteiger charge is -2.28. The van der Waals surface area contributed by atoms with Crippen LogP contribution in [0.15, 0.2) is 23.1 Å². The Balaban J connectivity index is 1.95. The van der Waals surface area contributed by atoms with Crippen LogP contribution in [0.2, 0.25) is 0 Å². The smallest absolute Gasteiger partial charge is 0.182 e. The summed E-state index contributed by atoms with van der Waals surface area (Å²) in [6, 6.07) is 5.45. The molecule has 4 heteroatoms. The van der Waals surface area contributed by atoms with Gasteiger partial charge in [-0.05, 0) is 55.4 Å². The molecule has 0 aromatic heterocycles. The quantitative estimate of drug-likeness (QED) is 0.903. The van der Waals surface area contributed by atoms with Gasteiger partial charge in [-0.3, -0.25) is 0 Å². The molecule has 3 nitrogen and oxygen atoms in total. The van der Waals surface area contributed by atoms with Crippen molar-refractivity contribution in [3.05, 3.63) is 29.3 Å². The summed E-state index contributed by atoms with van der Waals surface area (Å²) in [5.41, 5.74) is 8.56. The molecule has 2 unspecified atom stereocenters. The van der Waals surface area contributed by atoms with Crippen molar-refractivity contribution in [1.29, 1.82) is 0 Å². The Bertz CT molecular complexity index is 580. The highest BCUT2D eigenvalue weighted by atomic mass is 32.2. The molecule has 0 spiro atoms. The van der Waals surface area contributed by atoms with Gasteiger partial charge in [0.15, 0.2) is 9.84 Å². The van der Waals surface area contributed by atoms with E-state index in [1.807, 2.05) is 12.1 Å². The van der Waals surface area contributed by atoms with Crippen LogP contribution in [0.3, 0.4) is 0 Å². The molecular formula is C15H21NO2S. The lowest BCUT2D eigenvalue weighted by atomic mass is 9.96. The third kappa shape index (κ3) is 2.32. The zero-order valence-corrected chi connectivity index (χ0v) is 12.0. The van der Waals surface area contributed by atoms with Crippen LogP contribution < -0.4 is 5.73 Å². The zero-order valence-electron chi connectivity index (χ0n) is 11.1. The minimum Gasteiger partial charge on any atom is -0.327 e. The van der Waals surface area contributed by atoms with Gasteiger partial charge in [-0.2, -0.15) is 0 Å². The van der Waals surface area contributed by atoms with Crippen molar-refractivity contribution in [2.24, 2.45) is 5.73 Å². The molecule has 2 aliphatic carbocycles. The molecule has 0 saturated heterocycles. The number of benzene rings is 1. The van der Waals surface area contributed by atoms with E-state index in [0.29, 0.717) is 11.3 Å². The van der Waals surface area contributed by atoms with Gasteiger partial charge in [0.25, 0.3) is 0 Å². The first-order valence-corrected chi connectivity index (χ1v) is 8.75. The van der Waals surface area contributed by atoms with Crippen molar-refractivity contribution < 1.29 is 8.42 Å². The van der Waals surface area contributed by atoms with Crippen LogP contribution in [0.25, 0.3) is 0 Å². The fourth-order valence-corrected chi connectivity index (χ4v) is 5.40. The summed E-state index contributed by atoms with van der Waals surface area (Å²) in [5, 5.41) is -0.388. The monoisotopic (exact) mass is 279 g/mol. The summed E-state index contributed by atoms with van der Waals surface area (Å²) >= 11 is 0. The molecule has 1 aromatic rings. The van der Waals surface area contributed by atoms with E-state index in [-0.39, 0.29) is 11.3 Å². The molecule has 3 rings (SSSR count). The lowest BCUT2D eigenvalue weighted by Crippen LogP contribution is -2.42. The number of rotatable bonds is 2. The van der Waals surface area contributed by atoms with E-state index in [0.717, 1.165) is 38.5 Å². The summed E-state index contributed by atoms with van der Waals surface area (Å²) in [6.07, 6.45) is 6.80. The van der Waals surface area contributed by atoms with Crippen molar-refractivity contribution in [3.8, 4) is 0 Å². The van der Waals surface area contributed by atoms with Crippen LogP contribution in [0.4, 0.5) is 0 Å². The number of sulfone groups is 1. The van der Waals surface area contributed by atoms with Crippen molar-refractivity contribution in [1.82, 2.24) is 0 Å². The fourth-order valence-electron chi connectivity index (χ4n) is 3.41. The van der Waals surface area contributed by atoms with E-state index in [4.69, 9.17) is 5.73 Å². The highest BCUT2D eigenvalue weighted by Crippen LogP contribution is 2.31. The molecule has 0 aliphatic heterocycles. The molecule has 104 valence electrons. The Kier molecular flexibility index (Phi) is 3.39. The number of hydrogen-bond acceptors (Lipinski definition) is 3. The first-order chi connectivity index (χ1) is 9.09. The van der Waals surface area contributed by atoms with Gasteiger partial charge in [0.05, 0.1) is 10.1 Å². The largest absolute Gasteiger partial charge is 0.327 e. The van der Waals surface area contributed by atoms with Gasteiger partial charge in [0.2, 0.25) is 0 Å². The summed E-state index contributed by atoms with van der Waals surface area (Å²) < 4.78 is 25.4. The van der Waals surface area contributed by atoms with Crippen LogP contribution in [-0.2, 0) is 22.7 Å². The number of hydrogen-bond donors (Lipinski definition) is 1. The third-order valence-corrected chi connectivity index (χ3v) is 6.84. The van der Waals surface area contributed by atoms with Gasteiger partial charge < -0.3 is 5.73 Å². The molecule has 1 saturated carbocycles. The molecule has 1 fully saturated rings. The fraction of sp³-hybridized carbons (Fsp3) is 0.600. The van der Waals surface area contributed by atoms with Crippen molar-refractivity contribution in [3.63, 3.8) is 0 Å². The average molecular weight is 279 g/mol. The maximum Gasteiger partial charge on any atom is 0.182 e. The SMILES string of the molecule is NC1CCCCC1S(=O)(=O)c1ccc2c(c1)CCC2. The molecule has 2 atom stereocenters. The van der Waals surface area contributed by atoms with Gasteiger partial charge >= 0.3 is 0 Å². The van der Waals surface area contributed by atoms with Crippen LogP contribution in [0.1, 0.15) is 43.2 Å². The first kappa shape index (κ1) is 13.1. The molecule has 0 bridgehead atoms. The molecule has 0 radical (unpaired) electrons. The van der Waals surface area contributed by atoms with Crippen molar-refractivity contribution >= 4 is 9.84 Å². The Hall–Kier alpha value is -0.870. The number of aryl methyl sites for hydroxylation is 2. The normalized spacial score (nSPS) is 27.2. The van der Waals surface area contributed by atoms with Crippen LogP contribution in [0.5, 0.6) is 0 Å². The highest BCUT2D eigenvalue weighted by molar-refractivity contribution is 7.92. The van der Waals surface area contributed by atoms with E-state index >= 15 is 0 Å². The minimum absolute atomic E-state index is 0.202. The molecule has 2 aliphatic rings. The predicted molar refractivity (Wildman–Crippen MR) is 75.9 cm³/mol. The Morgan fingerprint density at radius 3 is 2.53 bits per heavy atom. The second-order valence-electron chi connectivity index (χ2n) is 5.82. The van der Waals surface area contributed by atoms with Crippen LogP contribution >= 0.6 is 0 Å². The summed E-state index contributed by atoms with van der Waals surface area (Å²) in [4.78, 5) is 0.482. The van der Waals surface area contributed by atoms with Gasteiger partial charge in [-0.15, -0.1) is 0 Å². The van der Waals surface area contributed by atoms with Gasteiger partial charge in [-0.25, -0.2) is 8.42 Å². The van der Waals surface area contributed by atoms with Crippen molar-refractivity contribution in [2.45, 2.75) is 61.1 Å². The predicted octanol–water partition coefficient (Wildman–Crippen LogP) is 2.22. The lowest BCUT2D eigenvalue weighted by molar-refractivity contribution is 0.432. The van der Waals surface area contributed by atoms with Gasteiger partial charge in [0.1, 0.15) is 0 Å². The Labute approximate surface area is 115 Å². The molecule has 19 heavy (non-hydrogen) atoms. The summed E-state index contributed by atoms with van der Waals surface area (Å²) in [5.74, 6) is 0. The summed E-state index contributed by atoms with van der Waals surface area (Å²) in [6.45, 7) is 0. The Morgan fingerprint density at radius 2 is 1.74 bits per heavy atom. The molecular weight excluding hydrogens is 258 g/mol. The highest BCUT2D eigenvalue weighted by Gasteiger charge is 2.34. The minimum atomic E-state index is -3.26. The average Bonchev–Trinajstić information content (AvgIpc) is 2.86. The second kappa shape index (κ2) is 4.91. The van der Waals surface area contributed by atoms with Crippen molar-refractivity contribution in [2.75, 3.05) is 0 Å². The molecule has 2 N–H and O–H groups in total. The number of nitrogens with two attached hydrogens (primary N) is 1. The van der Waals surface area contributed by atoms with E-state index in [1.54, 1.807) is 6.07 Å². The second-order valence-corrected chi connectivity index (χ2v) is 7.98. The van der Waals surface area contributed by atoms with E-state index in [9.17, 15) is 8.42 Å². The summed E-state index contributed by atoms with van der Waals surface area (Å²) in [7, 11) is -3.26. The topological polar surface area (TPSA) is 60.2 Å². The van der Waals surface area contributed by atoms with Gasteiger partial charge in [-0.1, -0.05) is 18.9 Å². The van der Waals surface area contributed by atoms with Crippen LogP contribution in [0, 0.1) is 0 Å². The van der Waals surface area contributed by atoms with E-state index in [2.05, 4.69) is 0 Å². The van der Waals surface area contributed by atoms with E-state index in [1.165, 1.54) is 11.1 Å². The zero-order chi connectivity index (χ0) is 13.5. The maximum atomic E-state index is 12.7. The standard InChI is InChI=1S/C15H21NO2S/c16-14-6-1-2-7-15(14)19(17,18)13-9-8-11-4-3-5-12(11)10-13/h8-10,14-15H,1-7,16H2. The molecule has 0 heterocycles. The first-order valence-electron chi connectivity index (χ1n) is 7.20. The Morgan fingerprint density at radius 1 is 1.00 bits per heavy atom. The molecule has 1 aromatic carbocycles. The number of fused-ring (bicyclic) bond motifs is 1. The van der Waals surface area contributed by atoms with E-state index < -0.39 is 9.84 Å². The van der Waals surface area contributed by atoms with Gasteiger partial charge in [0, 0.05) is 6.04 Å².